The Morgan fingerprint density at radius 3 is 2.24 bits per heavy atom. The lowest BCUT2D eigenvalue weighted by molar-refractivity contribution is 0.489. The summed E-state index contributed by atoms with van der Waals surface area (Å²) in [6.45, 7) is 6.61. The van der Waals surface area contributed by atoms with E-state index in [1.807, 2.05) is 67.6 Å². The molecule has 302 valence electrons. The third kappa shape index (κ3) is 6.38. The summed E-state index contributed by atoms with van der Waals surface area (Å²) in [4.78, 5) is 9.39. The number of pyridine rings is 1. The third-order valence-electron chi connectivity index (χ3n) is 12.1. The van der Waals surface area contributed by atoms with Crippen LogP contribution in [0.25, 0.3) is 71.8 Å². The van der Waals surface area contributed by atoms with Gasteiger partial charge < -0.3 is 19.0 Å². The van der Waals surface area contributed by atoms with E-state index >= 15 is 0 Å². The quantitative estimate of drug-likeness (QED) is 0.160. The van der Waals surface area contributed by atoms with Gasteiger partial charge in [0.2, 0.25) is 0 Å². The molecule has 0 saturated heterocycles. The molecule has 7 aromatic carbocycles. The maximum absolute atomic E-state index is 8.60. The molecule has 10 aromatic rings. The van der Waals surface area contributed by atoms with Crippen molar-refractivity contribution in [2.75, 3.05) is 16.5 Å². The predicted octanol–water partition coefficient (Wildman–Crippen LogP) is 14.9. The van der Waals surface area contributed by atoms with E-state index < -0.39 is 6.85 Å². The molecule has 0 spiro atoms. The molecular formula is C56H46N4O2. The Bertz CT molecular complexity index is 3510. The number of aryl methyl sites for hydroxylation is 2. The average Bonchev–Trinajstić information content (AvgIpc) is 4.03. The second-order valence-electron chi connectivity index (χ2n) is 17.2. The lowest BCUT2D eigenvalue weighted by atomic mass is 9.83. The summed E-state index contributed by atoms with van der Waals surface area (Å²) in [7, 11) is 0. The normalized spacial score (nSPS) is 14.0. The molecule has 1 aliphatic heterocycles. The van der Waals surface area contributed by atoms with Crippen LogP contribution in [0.2, 0.25) is 0 Å². The number of furan rings is 1. The van der Waals surface area contributed by atoms with Crippen molar-refractivity contribution in [3.63, 3.8) is 0 Å². The lowest BCUT2D eigenvalue weighted by Crippen LogP contribution is -2.25. The maximum Gasteiger partial charge on any atom is 0.141 e. The van der Waals surface area contributed by atoms with Gasteiger partial charge in [-0.15, -0.1) is 0 Å². The van der Waals surface area contributed by atoms with Crippen LogP contribution in [-0.2, 0) is 5.41 Å². The zero-order chi connectivity index (χ0) is 44.6. The van der Waals surface area contributed by atoms with Gasteiger partial charge in [0.15, 0.2) is 0 Å². The van der Waals surface area contributed by atoms with E-state index in [1.54, 1.807) is 6.20 Å². The van der Waals surface area contributed by atoms with Gasteiger partial charge in [-0.1, -0.05) is 118 Å². The SMILES string of the molecule is [2H]C([2H])([2H])c1cc(C(C)(C)C)cc(C)c1-c1ccnc(-n2c3ccccc3c3ccc(Oc4cc(N5C=CN(c6ccccc6-c6ccccc6)C5)cc5oc6ccccc6c45)cc32)c1. The second-order valence-corrected chi connectivity index (χ2v) is 17.2. The van der Waals surface area contributed by atoms with E-state index in [1.165, 1.54) is 0 Å². The summed E-state index contributed by atoms with van der Waals surface area (Å²) in [5.41, 5.74) is 11.3. The van der Waals surface area contributed by atoms with Gasteiger partial charge in [0, 0.05) is 68.3 Å². The third-order valence-corrected chi connectivity index (χ3v) is 12.1. The number of rotatable bonds is 7. The number of nitrogens with zero attached hydrogens (tertiary/aromatic N) is 4. The maximum atomic E-state index is 8.60. The molecule has 0 radical (unpaired) electrons. The van der Waals surface area contributed by atoms with Crippen LogP contribution in [0, 0.1) is 13.8 Å². The highest BCUT2D eigenvalue weighted by atomic mass is 16.5. The van der Waals surface area contributed by atoms with Gasteiger partial charge in [-0.3, -0.25) is 4.57 Å². The van der Waals surface area contributed by atoms with Gasteiger partial charge >= 0.3 is 0 Å². The average molecular weight is 810 g/mol. The van der Waals surface area contributed by atoms with Crippen molar-refractivity contribution >= 4 is 55.1 Å². The Labute approximate surface area is 365 Å². The molecule has 0 N–H and O–H groups in total. The van der Waals surface area contributed by atoms with E-state index in [-0.39, 0.29) is 5.41 Å². The second kappa shape index (κ2) is 14.6. The van der Waals surface area contributed by atoms with Crippen LogP contribution in [-0.4, -0.2) is 16.2 Å². The summed E-state index contributed by atoms with van der Waals surface area (Å²) >= 11 is 0. The highest BCUT2D eigenvalue weighted by molar-refractivity contribution is 6.11. The summed E-state index contributed by atoms with van der Waals surface area (Å²) in [5.74, 6) is 1.99. The molecule has 4 heterocycles. The predicted molar refractivity (Wildman–Crippen MR) is 257 cm³/mol. The molecule has 0 fully saturated rings. The Morgan fingerprint density at radius 2 is 1.39 bits per heavy atom. The Balaban J connectivity index is 1.01. The van der Waals surface area contributed by atoms with Gasteiger partial charge in [0.05, 0.1) is 28.8 Å². The van der Waals surface area contributed by atoms with Crippen LogP contribution >= 0.6 is 0 Å². The van der Waals surface area contributed by atoms with Crippen LogP contribution in [0.4, 0.5) is 11.4 Å². The standard InChI is InChI=1S/C56H46N4O2/c1-36-29-40(56(3,4)5)30-37(2)54(36)39-25-26-57-53(31-39)60-48-21-13-10-18-44(48)45-24-23-42(34-49(45)60)61-51-32-41(33-52-55(51)46-19-11-14-22-50(46)62-52)58-27-28-59(35-58)47-20-12-9-17-43(47)38-15-7-6-8-16-38/h6-34H,35H2,1-5H3/i1D3. The monoisotopic (exact) mass is 809 g/mol. The van der Waals surface area contributed by atoms with Gasteiger partial charge in [0.25, 0.3) is 0 Å². The van der Waals surface area contributed by atoms with Crippen LogP contribution in [0.5, 0.6) is 11.5 Å². The topological polar surface area (TPSA) is 46.7 Å². The van der Waals surface area contributed by atoms with Crippen LogP contribution < -0.4 is 14.5 Å². The summed E-state index contributed by atoms with van der Waals surface area (Å²) < 4.78 is 41.5. The number of fused-ring (bicyclic) bond motifs is 6. The van der Waals surface area contributed by atoms with E-state index in [0.29, 0.717) is 35.1 Å². The van der Waals surface area contributed by atoms with Gasteiger partial charge in [-0.2, -0.15) is 0 Å². The summed E-state index contributed by atoms with van der Waals surface area (Å²) in [6.07, 6.45) is 5.99. The Kier molecular flexibility index (Phi) is 8.03. The first kappa shape index (κ1) is 34.2. The van der Waals surface area contributed by atoms with Crippen molar-refractivity contribution < 1.29 is 13.3 Å². The Hall–Kier alpha value is -7.57. The van der Waals surface area contributed by atoms with Gasteiger partial charge in [-0.25, -0.2) is 4.98 Å². The highest BCUT2D eigenvalue weighted by Crippen LogP contribution is 2.44. The first-order valence-electron chi connectivity index (χ1n) is 22.5. The fourth-order valence-corrected chi connectivity index (χ4v) is 9.07. The first-order chi connectivity index (χ1) is 31.4. The molecule has 0 aliphatic carbocycles. The molecule has 0 atom stereocenters. The molecule has 6 heteroatoms. The molecule has 0 bridgehead atoms. The van der Waals surface area contributed by atoms with Crippen LogP contribution in [0.15, 0.2) is 181 Å². The molecule has 6 nitrogen and oxygen atoms in total. The van der Waals surface area contributed by atoms with Crippen LogP contribution in [0.1, 0.15) is 41.6 Å². The van der Waals surface area contributed by atoms with E-state index in [4.69, 9.17) is 18.3 Å². The zero-order valence-corrected chi connectivity index (χ0v) is 35.1. The lowest BCUT2D eigenvalue weighted by Gasteiger charge is -2.24. The number of benzene rings is 7. The number of hydrogen-bond acceptors (Lipinski definition) is 5. The molecule has 1 aliphatic rings. The number of aromatic nitrogens is 2. The molecule has 62 heavy (non-hydrogen) atoms. The molecule has 0 unspecified atom stereocenters. The van der Waals surface area contributed by atoms with Crippen molar-refractivity contribution in [1.29, 1.82) is 0 Å². The van der Waals surface area contributed by atoms with Crippen LogP contribution in [0.3, 0.4) is 0 Å². The van der Waals surface area contributed by atoms with Crippen molar-refractivity contribution in [3.8, 4) is 39.6 Å². The fraction of sp³-hybridized carbons (Fsp3) is 0.125. The molecule has 3 aromatic heterocycles. The van der Waals surface area contributed by atoms with Crippen molar-refractivity contribution in [2.24, 2.45) is 0 Å². The van der Waals surface area contributed by atoms with Crippen molar-refractivity contribution in [1.82, 2.24) is 9.55 Å². The smallest absolute Gasteiger partial charge is 0.141 e. The van der Waals surface area contributed by atoms with E-state index in [2.05, 4.69) is 145 Å². The number of hydrogen-bond donors (Lipinski definition) is 0. The van der Waals surface area contributed by atoms with Crippen molar-refractivity contribution in [3.05, 3.63) is 193 Å². The largest absolute Gasteiger partial charge is 0.456 e. The minimum atomic E-state index is -2.31. The molecule has 0 saturated carbocycles. The zero-order valence-electron chi connectivity index (χ0n) is 38.1. The van der Waals surface area contributed by atoms with Crippen molar-refractivity contribution in [2.45, 2.75) is 40.0 Å². The van der Waals surface area contributed by atoms with E-state index in [9.17, 15) is 0 Å². The highest BCUT2D eigenvalue weighted by Gasteiger charge is 2.23. The molecular weight excluding hydrogens is 761 g/mol. The number of anilines is 2. The number of para-hydroxylation sites is 3. The number of ether oxygens (including phenoxy) is 1. The Morgan fingerprint density at radius 1 is 0.645 bits per heavy atom. The first-order valence-corrected chi connectivity index (χ1v) is 21.0. The molecule has 0 amide bonds. The minimum absolute atomic E-state index is 0.213. The molecule has 11 rings (SSSR count). The van der Waals surface area contributed by atoms with Gasteiger partial charge in [-0.05, 0) is 95.0 Å². The van der Waals surface area contributed by atoms with E-state index in [0.717, 1.165) is 82.9 Å². The minimum Gasteiger partial charge on any atom is -0.456 e. The van der Waals surface area contributed by atoms with Gasteiger partial charge in [0.1, 0.15) is 28.5 Å². The summed E-state index contributed by atoms with van der Waals surface area (Å²) in [6, 6.07) is 53.6. The fourth-order valence-electron chi connectivity index (χ4n) is 9.07. The summed E-state index contributed by atoms with van der Waals surface area (Å²) in [5, 5.41) is 3.98.